The second-order valence-electron chi connectivity index (χ2n) is 9.06. The first kappa shape index (κ1) is 16.2. The molecule has 0 amide bonds. The Balaban J connectivity index is 1.96. The van der Waals surface area contributed by atoms with E-state index >= 15 is 0 Å². The molecule has 1 fully saturated rings. The standard InChI is InChI=1S/C23H23ClN2/c1-23(2,3)14-9-15-21-18(26-22(15)16(24)10-14)11-17(25-4)19-12-5-7-13(8-6-12)20(19)21/h9-13,26H,5-8H2,1-3H3. The molecule has 1 saturated carbocycles. The zero-order valence-corrected chi connectivity index (χ0v) is 16.3. The van der Waals surface area contributed by atoms with Gasteiger partial charge in [-0.3, -0.25) is 0 Å². The molecule has 2 bridgehead atoms. The lowest BCUT2D eigenvalue weighted by Crippen LogP contribution is -2.21. The van der Waals surface area contributed by atoms with E-state index in [0.29, 0.717) is 11.8 Å². The summed E-state index contributed by atoms with van der Waals surface area (Å²) in [4.78, 5) is 7.43. The van der Waals surface area contributed by atoms with Crippen LogP contribution in [0.2, 0.25) is 5.02 Å². The molecule has 132 valence electrons. The number of nitrogens with one attached hydrogen (secondary N) is 1. The third-order valence-corrected chi connectivity index (χ3v) is 6.83. The summed E-state index contributed by atoms with van der Waals surface area (Å²) in [6.07, 6.45) is 4.99. The lowest BCUT2D eigenvalue weighted by atomic mass is 9.65. The third-order valence-electron chi connectivity index (χ3n) is 6.54. The molecular formula is C23H23ClN2. The summed E-state index contributed by atoms with van der Waals surface area (Å²) in [6.45, 7) is 14.4. The van der Waals surface area contributed by atoms with Crippen molar-refractivity contribution in [1.29, 1.82) is 0 Å². The minimum absolute atomic E-state index is 0.0525. The zero-order valence-electron chi connectivity index (χ0n) is 15.5. The maximum absolute atomic E-state index is 7.72. The van der Waals surface area contributed by atoms with Crippen LogP contribution in [0.25, 0.3) is 26.7 Å². The van der Waals surface area contributed by atoms with Crippen LogP contribution in [0, 0.1) is 6.57 Å². The van der Waals surface area contributed by atoms with E-state index < -0.39 is 0 Å². The number of fused-ring (bicyclic) bond motifs is 5. The van der Waals surface area contributed by atoms with E-state index in [4.69, 9.17) is 18.2 Å². The molecule has 3 heteroatoms. The number of H-pyrrole nitrogens is 1. The molecule has 0 radical (unpaired) electrons. The molecule has 0 aliphatic heterocycles. The number of aromatic amines is 1. The largest absolute Gasteiger partial charge is 0.354 e. The van der Waals surface area contributed by atoms with Crippen LogP contribution in [0.5, 0.6) is 0 Å². The van der Waals surface area contributed by atoms with Gasteiger partial charge in [0.2, 0.25) is 0 Å². The van der Waals surface area contributed by atoms with Crippen LogP contribution in [-0.4, -0.2) is 4.98 Å². The van der Waals surface area contributed by atoms with Gasteiger partial charge >= 0.3 is 0 Å². The molecule has 6 rings (SSSR count). The predicted octanol–water partition coefficient (Wildman–Crippen LogP) is 7.58. The van der Waals surface area contributed by atoms with Gasteiger partial charge in [-0.05, 0) is 77.8 Å². The van der Waals surface area contributed by atoms with Gasteiger partial charge < -0.3 is 4.98 Å². The van der Waals surface area contributed by atoms with Gasteiger partial charge in [0.05, 0.1) is 17.1 Å². The van der Waals surface area contributed by atoms with Crippen molar-refractivity contribution in [1.82, 2.24) is 4.98 Å². The number of halogens is 1. The number of benzene rings is 2. The van der Waals surface area contributed by atoms with Gasteiger partial charge in [-0.15, -0.1) is 0 Å². The summed E-state index contributed by atoms with van der Waals surface area (Å²) in [5, 5.41) is 3.34. The van der Waals surface area contributed by atoms with Crippen LogP contribution < -0.4 is 0 Å². The summed E-state index contributed by atoms with van der Waals surface area (Å²) in [5.41, 5.74) is 7.04. The van der Waals surface area contributed by atoms with Gasteiger partial charge in [0, 0.05) is 16.3 Å². The number of nitrogens with zero attached hydrogens (tertiary/aromatic N) is 1. The van der Waals surface area contributed by atoms with Crippen LogP contribution in [0.3, 0.4) is 0 Å². The van der Waals surface area contributed by atoms with Crippen molar-refractivity contribution in [2.45, 2.75) is 63.7 Å². The van der Waals surface area contributed by atoms with Crippen LogP contribution in [0.1, 0.15) is 75.0 Å². The monoisotopic (exact) mass is 362 g/mol. The Kier molecular flexibility index (Phi) is 3.29. The molecule has 1 N–H and O–H groups in total. The van der Waals surface area contributed by atoms with Gasteiger partial charge in [0.1, 0.15) is 0 Å². The smallest absolute Gasteiger partial charge is 0.193 e. The normalized spacial score (nSPS) is 22.0. The SMILES string of the molecule is [C-]#[N+]c1cc2[nH]c3c(Cl)cc(C(C)(C)C)cc3c2c2c1C1CCC2CC1. The summed E-state index contributed by atoms with van der Waals surface area (Å²) >= 11 is 6.68. The number of hydrogen-bond acceptors (Lipinski definition) is 0. The highest BCUT2D eigenvalue weighted by atomic mass is 35.5. The molecule has 26 heavy (non-hydrogen) atoms. The van der Waals surface area contributed by atoms with E-state index in [1.807, 2.05) is 0 Å². The highest BCUT2D eigenvalue weighted by Crippen LogP contribution is 2.56. The number of rotatable bonds is 0. The lowest BCUT2D eigenvalue weighted by molar-refractivity contribution is 0.362. The minimum Gasteiger partial charge on any atom is -0.354 e. The predicted molar refractivity (Wildman–Crippen MR) is 110 cm³/mol. The molecule has 0 saturated heterocycles. The summed E-state index contributed by atoms with van der Waals surface area (Å²) in [7, 11) is 0. The Bertz CT molecular complexity index is 1100. The van der Waals surface area contributed by atoms with Gasteiger partial charge in [-0.2, -0.15) is 0 Å². The van der Waals surface area contributed by atoms with Crippen molar-refractivity contribution in [2.75, 3.05) is 0 Å². The van der Waals surface area contributed by atoms with Gasteiger partial charge in [0.25, 0.3) is 0 Å². The van der Waals surface area contributed by atoms with E-state index in [1.54, 1.807) is 0 Å². The topological polar surface area (TPSA) is 20.1 Å². The van der Waals surface area contributed by atoms with Gasteiger partial charge in [0.15, 0.2) is 5.69 Å². The Hall–Kier alpha value is -1.98. The molecule has 3 aliphatic carbocycles. The van der Waals surface area contributed by atoms with Gasteiger partial charge in [-0.1, -0.05) is 32.4 Å². The highest BCUT2D eigenvalue weighted by Gasteiger charge is 2.37. The number of hydrogen-bond donors (Lipinski definition) is 1. The van der Waals surface area contributed by atoms with Crippen molar-refractivity contribution < 1.29 is 0 Å². The second-order valence-corrected chi connectivity index (χ2v) is 9.47. The minimum atomic E-state index is 0.0525. The Labute approximate surface area is 159 Å². The van der Waals surface area contributed by atoms with Crippen molar-refractivity contribution in [2.24, 2.45) is 0 Å². The highest BCUT2D eigenvalue weighted by molar-refractivity contribution is 6.36. The molecule has 0 spiro atoms. The van der Waals surface area contributed by atoms with E-state index in [1.165, 1.54) is 53.1 Å². The molecule has 3 aromatic rings. The molecule has 2 nitrogen and oxygen atoms in total. The maximum Gasteiger partial charge on any atom is 0.193 e. The Morgan fingerprint density at radius 3 is 2.31 bits per heavy atom. The molecule has 3 aliphatic rings. The molecular weight excluding hydrogens is 340 g/mol. The van der Waals surface area contributed by atoms with Crippen LogP contribution in [-0.2, 0) is 5.41 Å². The fourth-order valence-corrected chi connectivity index (χ4v) is 5.47. The van der Waals surface area contributed by atoms with Crippen LogP contribution in [0.4, 0.5) is 5.69 Å². The van der Waals surface area contributed by atoms with Crippen LogP contribution in [0.15, 0.2) is 18.2 Å². The fourth-order valence-electron chi connectivity index (χ4n) is 5.21. The molecule has 2 aromatic carbocycles. The van der Waals surface area contributed by atoms with Crippen molar-refractivity contribution in [3.05, 3.63) is 51.3 Å². The first-order valence-corrected chi connectivity index (χ1v) is 9.96. The quantitative estimate of drug-likeness (QED) is 0.398. The van der Waals surface area contributed by atoms with E-state index in [9.17, 15) is 0 Å². The summed E-state index contributed by atoms with van der Waals surface area (Å²) in [5.74, 6) is 1.16. The average molecular weight is 363 g/mol. The summed E-state index contributed by atoms with van der Waals surface area (Å²) in [6, 6.07) is 6.47. The van der Waals surface area contributed by atoms with Crippen molar-refractivity contribution in [3.63, 3.8) is 0 Å². The van der Waals surface area contributed by atoms with Crippen molar-refractivity contribution >= 4 is 39.1 Å². The van der Waals surface area contributed by atoms with E-state index in [2.05, 4.69) is 48.8 Å². The molecule has 0 unspecified atom stereocenters. The van der Waals surface area contributed by atoms with Crippen LogP contribution >= 0.6 is 11.6 Å². The Morgan fingerprint density at radius 1 is 1.04 bits per heavy atom. The molecule has 1 aromatic heterocycles. The first-order chi connectivity index (χ1) is 12.4. The molecule has 1 heterocycles. The Morgan fingerprint density at radius 2 is 1.69 bits per heavy atom. The fraction of sp³-hybridized carbons (Fsp3) is 0.435. The lowest BCUT2D eigenvalue weighted by Gasteiger charge is -2.39. The summed E-state index contributed by atoms with van der Waals surface area (Å²) < 4.78 is 0. The molecule has 0 atom stereocenters. The second kappa shape index (κ2) is 5.27. The van der Waals surface area contributed by atoms with E-state index in [-0.39, 0.29) is 5.41 Å². The maximum atomic E-state index is 7.72. The average Bonchev–Trinajstić information content (AvgIpc) is 3.00. The van der Waals surface area contributed by atoms with Gasteiger partial charge in [-0.25, -0.2) is 4.85 Å². The zero-order chi connectivity index (χ0) is 18.2. The van der Waals surface area contributed by atoms with E-state index in [0.717, 1.165) is 21.7 Å². The third kappa shape index (κ3) is 2.10. The van der Waals surface area contributed by atoms with Crippen molar-refractivity contribution in [3.8, 4) is 0 Å². The number of aromatic nitrogens is 1. The first-order valence-electron chi connectivity index (χ1n) is 9.58.